The van der Waals surface area contributed by atoms with Gasteiger partial charge in [0, 0.05) is 0 Å². The van der Waals surface area contributed by atoms with E-state index in [0.29, 0.717) is 8.30 Å². The normalized spacial score (nSPS) is 12.6. The molecule has 0 aliphatic rings. The zero-order valence-electron chi connectivity index (χ0n) is 7.98. The van der Waals surface area contributed by atoms with Crippen molar-refractivity contribution < 1.29 is 8.78 Å². The fourth-order valence-electron chi connectivity index (χ4n) is 1.01. The van der Waals surface area contributed by atoms with Gasteiger partial charge in [-0.15, -0.1) is 0 Å². The van der Waals surface area contributed by atoms with Crippen LogP contribution in [-0.2, 0) is 5.54 Å². The summed E-state index contributed by atoms with van der Waals surface area (Å²) in [6, 6.07) is 0. The summed E-state index contributed by atoms with van der Waals surface area (Å²) in [6.45, 7) is 5.74. The van der Waals surface area contributed by atoms with E-state index in [4.69, 9.17) is 0 Å². The van der Waals surface area contributed by atoms with Gasteiger partial charge in [0.05, 0.1) is 11.1 Å². The number of hydrogen-bond acceptors (Lipinski definition) is 1. The van der Waals surface area contributed by atoms with Gasteiger partial charge in [0.25, 0.3) is 6.43 Å². The minimum absolute atomic E-state index is 0.0273. The average molecular weight is 379 g/mol. The lowest BCUT2D eigenvalue weighted by atomic mass is 10.1. The van der Waals surface area contributed by atoms with Crippen LogP contribution in [0.1, 0.15) is 32.8 Å². The molecule has 6 heteroatoms. The van der Waals surface area contributed by atoms with Crippen LogP contribution >= 0.6 is 38.5 Å². The van der Waals surface area contributed by atoms with Crippen molar-refractivity contribution in [1.29, 1.82) is 0 Å². The first-order valence-corrected chi connectivity index (χ1v) is 5.85. The number of nitrogens with zero attached hydrogens (tertiary/aromatic N) is 2. The number of alkyl halides is 2. The largest absolute Gasteiger partial charge is 0.269 e. The second-order valence-corrected chi connectivity index (χ2v) is 5.65. The molecule has 0 atom stereocenters. The van der Waals surface area contributed by atoms with E-state index >= 15 is 0 Å². The fourth-order valence-corrected chi connectivity index (χ4v) is 3.06. The smallest absolute Gasteiger partial charge is 0.252 e. The second-order valence-electron chi connectivity index (χ2n) is 3.88. The Bertz CT molecular complexity index is 344. The van der Waals surface area contributed by atoms with Crippen LogP contribution in [-0.4, -0.2) is 9.78 Å². The van der Waals surface area contributed by atoms with Crippen LogP contribution in [0.5, 0.6) is 0 Å². The zero-order valence-corrected chi connectivity index (χ0v) is 11.7. The van der Waals surface area contributed by atoms with Gasteiger partial charge in [0.1, 0.15) is 8.30 Å². The van der Waals surface area contributed by atoms with E-state index in [9.17, 15) is 8.78 Å². The van der Waals surface area contributed by atoms with Gasteiger partial charge in [-0.2, -0.15) is 5.10 Å². The van der Waals surface area contributed by atoms with Crippen LogP contribution in [0.3, 0.4) is 0 Å². The predicted molar refractivity (Wildman–Crippen MR) is 62.6 cm³/mol. The summed E-state index contributed by atoms with van der Waals surface area (Å²) in [6.07, 6.45) is -2.49. The highest BCUT2D eigenvalue weighted by Gasteiger charge is 2.26. The van der Waals surface area contributed by atoms with Gasteiger partial charge in [-0.05, 0) is 59.3 Å². The predicted octanol–water partition coefficient (Wildman–Crippen LogP) is 3.94. The summed E-state index contributed by atoms with van der Waals surface area (Å²) < 4.78 is 27.5. The summed E-state index contributed by atoms with van der Waals surface area (Å²) in [4.78, 5) is 0. The number of halogens is 4. The van der Waals surface area contributed by atoms with E-state index < -0.39 is 6.43 Å². The number of rotatable bonds is 1. The molecule has 1 heterocycles. The second kappa shape index (κ2) is 4.03. The summed E-state index contributed by atoms with van der Waals surface area (Å²) in [5.41, 5.74) is -0.327. The van der Waals surface area contributed by atoms with Gasteiger partial charge in [-0.25, -0.2) is 8.78 Å². The molecular weight excluding hydrogens is 369 g/mol. The maximum absolute atomic E-state index is 12.6. The van der Waals surface area contributed by atoms with Crippen molar-refractivity contribution >= 4 is 38.5 Å². The van der Waals surface area contributed by atoms with Crippen LogP contribution in [0.25, 0.3) is 0 Å². The van der Waals surface area contributed by atoms with Crippen LogP contribution in [0.15, 0.2) is 4.60 Å². The van der Waals surface area contributed by atoms with Crippen LogP contribution < -0.4 is 0 Å². The molecule has 0 spiro atoms. The van der Waals surface area contributed by atoms with E-state index in [2.05, 4.69) is 21.0 Å². The third-order valence-electron chi connectivity index (χ3n) is 1.67. The maximum atomic E-state index is 12.6. The van der Waals surface area contributed by atoms with Gasteiger partial charge in [-0.3, -0.25) is 4.68 Å². The van der Waals surface area contributed by atoms with E-state index in [-0.39, 0.29) is 11.1 Å². The molecule has 1 rings (SSSR count). The molecule has 0 bridgehead atoms. The molecule has 0 aromatic carbocycles. The molecule has 80 valence electrons. The maximum Gasteiger partial charge on any atom is 0.269 e. The lowest BCUT2D eigenvalue weighted by Gasteiger charge is -2.20. The Hall–Kier alpha value is 0.280. The van der Waals surface area contributed by atoms with Crippen LogP contribution in [0, 0.1) is 3.70 Å². The Labute approximate surface area is 103 Å². The molecule has 0 aliphatic heterocycles. The van der Waals surface area contributed by atoms with Crippen molar-refractivity contribution in [2.24, 2.45) is 0 Å². The summed E-state index contributed by atoms with van der Waals surface area (Å²) in [7, 11) is 0. The Morgan fingerprint density at radius 1 is 1.43 bits per heavy atom. The van der Waals surface area contributed by atoms with Gasteiger partial charge in [0.2, 0.25) is 0 Å². The minimum Gasteiger partial charge on any atom is -0.252 e. The van der Waals surface area contributed by atoms with Crippen molar-refractivity contribution in [2.45, 2.75) is 32.7 Å². The molecule has 0 fully saturated rings. The van der Waals surface area contributed by atoms with Gasteiger partial charge in [0.15, 0.2) is 0 Å². The van der Waals surface area contributed by atoms with Crippen molar-refractivity contribution in [1.82, 2.24) is 9.78 Å². The Kier molecular flexibility index (Phi) is 3.56. The highest BCUT2D eigenvalue weighted by Crippen LogP contribution is 2.34. The molecule has 0 unspecified atom stereocenters. The first-order valence-electron chi connectivity index (χ1n) is 3.97. The van der Waals surface area contributed by atoms with Crippen LogP contribution in [0.4, 0.5) is 8.78 Å². The Morgan fingerprint density at radius 2 is 1.93 bits per heavy atom. The Morgan fingerprint density at radius 3 is 2.14 bits per heavy atom. The molecule has 0 aliphatic carbocycles. The van der Waals surface area contributed by atoms with Gasteiger partial charge in [-0.1, -0.05) is 0 Å². The van der Waals surface area contributed by atoms with Crippen LogP contribution in [0.2, 0.25) is 0 Å². The first kappa shape index (κ1) is 12.4. The topological polar surface area (TPSA) is 17.8 Å². The van der Waals surface area contributed by atoms with E-state index in [1.54, 1.807) is 4.68 Å². The minimum atomic E-state index is -2.49. The number of hydrogen-bond donors (Lipinski definition) is 0. The molecule has 2 nitrogen and oxygen atoms in total. The summed E-state index contributed by atoms with van der Waals surface area (Å²) in [5, 5.41) is 4.08. The van der Waals surface area contributed by atoms with Gasteiger partial charge < -0.3 is 0 Å². The third kappa shape index (κ3) is 2.26. The standard InChI is InChI=1S/C8H10BrF2IN2/c1-8(2,3)14-5(9)4(6(10)11)7(12)13-14/h6H,1-3H3. The van der Waals surface area contributed by atoms with Crippen molar-refractivity contribution in [3.63, 3.8) is 0 Å². The number of aromatic nitrogens is 2. The Balaban J connectivity index is 3.31. The van der Waals surface area contributed by atoms with E-state index in [1.165, 1.54) is 0 Å². The molecule has 0 amide bonds. The molecule has 0 N–H and O–H groups in total. The molecular formula is C8H10BrF2IN2. The van der Waals surface area contributed by atoms with Crippen molar-refractivity contribution in [3.8, 4) is 0 Å². The molecule has 14 heavy (non-hydrogen) atoms. The van der Waals surface area contributed by atoms with E-state index in [0.717, 1.165) is 0 Å². The average Bonchev–Trinajstić information content (AvgIpc) is 2.24. The summed E-state index contributed by atoms with van der Waals surface area (Å²) in [5.74, 6) is 0. The molecule has 0 saturated carbocycles. The van der Waals surface area contributed by atoms with Crippen molar-refractivity contribution in [2.75, 3.05) is 0 Å². The first-order chi connectivity index (χ1) is 6.25. The lowest BCUT2D eigenvalue weighted by molar-refractivity contribution is 0.149. The molecule has 0 saturated heterocycles. The highest BCUT2D eigenvalue weighted by atomic mass is 127. The van der Waals surface area contributed by atoms with E-state index in [1.807, 2.05) is 43.4 Å². The zero-order chi connectivity index (χ0) is 11.1. The SMILES string of the molecule is CC(C)(C)n1nc(I)c(C(F)F)c1Br. The monoisotopic (exact) mass is 378 g/mol. The molecule has 1 aromatic heterocycles. The molecule has 0 radical (unpaired) electrons. The third-order valence-corrected chi connectivity index (χ3v) is 3.23. The van der Waals surface area contributed by atoms with Gasteiger partial charge >= 0.3 is 0 Å². The van der Waals surface area contributed by atoms with Crippen molar-refractivity contribution in [3.05, 3.63) is 13.9 Å². The quantitative estimate of drug-likeness (QED) is 0.677. The fraction of sp³-hybridized carbons (Fsp3) is 0.625. The highest BCUT2D eigenvalue weighted by molar-refractivity contribution is 14.1. The molecule has 1 aromatic rings. The lowest BCUT2D eigenvalue weighted by Crippen LogP contribution is -2.23. The summed E-state index contributed by atoms with van der Waals surface area (Å²) >= 11 is 4.97.